The summed E-state index contributed by atoms with van der Waals surface area (Å²) in [5.74, 6) is 2.44. The molecule has 2 aliphatic rings. The van der Waals surface area contributed by atoms with E-state index in [1.54, 1.807) is 0 Å². The van der Waals surface area contributed by atoms with Gasteiger partial charge in [-0.05, 0) is 49.0 Å². The molecule has 2 amide bonds. The number of carbonyl (C=O) groups is 2. The topological polar surface area (TPSA) is 78.4 Å². The fourth-order valence-corrected chi connectivity index (χ4v) is 3.63. The third kappa shape index (κ3) is 5.30. The third-order valence-electron chi connectivity index (χ3n) is 3.79. The minimum Gasteiger partial charge on any atom is -0.481 e. The summed E-state index contributed by atoms with van der Waals surface area (Å²) in [5.41, 5.74) is 0. The standard InChI is InChI=1S/C13H22N2O3S/c16-12(17)7-11(10-1-2-10)15-13(18)14-8-9-3-5-19-6-4-9/h9-11H,1-8H2,(H,16,17)(H2,14,15,18). The Labute approximate surface area is 117 Å². The van der Waals surface area contributed by atoms with Gasteiger partial charge in [0.25, 0.3) is 0 Å². The van der Waals surface area contributed by atoms with E-state index in [4.69, 9.17) is 5.11 Å². The minimum atomic E-state index is -0.846. The number of carboxylic acids is 1. The van der Waals surface area contributed by atoms with E-state index >= 15 is 0 Å². The summed E-state index contributed by atoms with van der Waals surface area (Å²) in [6, 6.07) is -0.421. The lowest BCUT2D eigenvalue weighted by molar-refractivity contribution is -0.137. The van der Waals surface area contributed by atoms with Crippen molar-refractivity contribution in [1.29, 1.82) is 0 Å². The van der Waals surface area contributed by atoms with Gasteiger partial charge in [-0.1, -0.05) is 0 Å². The molecule has 5 nitrogen and oxygen atoms in total. The van der Waals surface area contributed by atoms with Crippen LogP contribution in [0.3, 0.4) is 0 Å². The lowest BCUT2D eigenvalue weighted by atomic mass is 10.0. The number of aliphatic carboxylic acids is 1. The van der Waals surface area contributed by atoms with Crippen molar-refractivity contribution in [2.75, 3.05) is 18.1 Å². The molecule has 1 atom stereocenters. The van der Waals surface area contributed by atoms with E-state index in [1.807, 2.05) is 11.8 Å². The Bertz CT molecular complexity index is 328. The zero-order valence-electron chi connectivity index (χ0n) is 11.1. The molecule has 1 aliphatic heterocycles. The second kappa shape index (κ2) is 7.03. The number of urea groups is 1. The second-order valence-electron chi connectivity index (χ2n) is 5.45. The smallest absolute Gasteiger partial charge is 0.315 e. The number of carboxylic acid groups (broad SMARTS) is 1. The Balaban J connectivity index is 1.68. The molecular weight excluding hydrogens is 264 g/mol. The van der Waals surface area contributed by atoms with Gasteiger partial charge in [0.1, 0.15) is 0 Å². The van der Waals surface area contributed by atoms with Gasteiger partial charge < -0.3 is 15.7 Å². The number of carbonyl (C=O) groups excluding carboxylic acids is 1. The Morgan fingerprint density at radius 1 is 1.21 bits per heavy atom. The highest BCUT2D eigenvalue weighted by atomic mass is 32.2. The number of amides is 2. The van der Waals surface area contributed by atoms with Crippen LogP contribution in [-0.2, 0) is 4.79 Å². The zero-order chi connectivity index (χ0) is 13.7. The van der Waals surface area contributed by atoms with E-state index in [1.165, 1.54) is 11.5 Å². The zero-order valence-corrected chi connectivity index (χ0v) is 11.9. The molecule has 0 aromatic carbocycles. The summed E-state index contributed by atoms with van der Waals surface area (Å²) in [6.45, 7) is 0.705. The van der Waals surface area contributed by atoms with Crippen molar-refractivity contribution in [3.05, 3.63) is 0 Å². The SMILES string of the molecule is O=C(O)CC(NC(=O)NCC1CCSCC1)C1CC1. The molecule has 1 heterocycles. The highest BCUT2D eigenvalue weighted by Gasteiger charge is 2.33. The van der Waals surface area contributed by atoms with Gasteiger partial charge in [-0.2, -0.15) is 11.8 Å². The van der Waals surface area contributed by atoms with Crippen LogP contribution in [0.2, 0.25) is 0 Å². The normalized spacial score (nSPS) is 21.7. The lowest BCUT2D eigenvalue weighted by Crippen LogP contribution is -2.45. The molecule has 3 N–H and O–H groups in total. The summed E-state index contributed by atoms with van der Waals surface area (Å²) >= 11 is 1.97. The van der Waals surface area contributed by atoms with Gasteiger partial charge in [-0.3, -0.25) is 4.79 Å². The highest BCUT2D eigenvalue weighted by Crippen LogP contribution is 2.34. The fraction of sp³-hybridized carbons (Fsp3) is 0.846. The molecule has 0 aromatic heterocycles. The first-order valence-corrected chi connectivity index (χ1v) is 8.14. The van der Waals surface area contributed by atoms with Crippen LogP contribution in [0.25, 0.3) is 0 Å². The van der Waals surface area contributed by atoms with Crippen LogP contribution in [-0.4, -0.2) is 41.2 Å². The van der Waals surface area contributed by atoms with Crippen molar-refractivity contribution < 1.29 is 14.7 Å². The van der Waals surface area contributed by atoms with Gasteiger partial charge in [-0.15, -0.1) is 0 Å². The maximum Gasteiger partial charge on any atom is 0.315 e. The number of hydrogen-bond donors (Lipinski definition) is 3. The Kier molecular flexibility index (Phi) is 5.36. The number of hydrogen-bond acceptors (Lipinski definition) is 3. The predicted octanol–water partition coefficient (Wildman–Crippen LogP) is 1.68. The van der Waals surface area contributed by atoms with E-state index in [-0.39, 0.29) is 18.5 Å². The largest absolute Gasteiger partial charge is 0.481 e. The maximum absolute atomic E-state index is 11.8. The minimum absolute atomic E-state index is 0.0259. The van der Waals surface area contributed by atoms with E-state index in [2.05, 4.69) is 10.6 Å². The van der Waals surface area contributed by atoms with Crippen molar-refractivity contribution in [1.82, 2.24) is 10.6 Å². The van der Waals surface area contributed by atoms with Gasteiger partial charge in [0, 0.05) is 12.6 Å². The molecule has 0 bridgehead atoms. The molecule has 108 valence electrons. The van der Waals surface area contributed by atoms with Crippen LogP contribution < -0.4 is 10.6 Å². The van der Waals surface area contributed by atoms with Crippen LogP contribution >= 0.6 is 11.8 Å². The molecule has 19 heavy (non-hydrogen) atoms. The molecular formula is C13H22N2O3S. The van der Waals surface area contributed by atoms with Gasteiger partial charge in [0.05, 0.1) is 6.42 Å². The van der Waals surface area contributed by atoms with Crippen molar-refractivity contribution in [2.45, 2.75) is 38.1 Å². The van der Waals surface area contributed by atoms with Gasteiger partial charge in [-0.25, -0.2) is 4.79 Å². The lowest BCUT2D eigenvalue weighted by Gasteiger charge is -2.22. The van der Waals surface area contributed by atoms with E-state index < -0.39 is 5.97 Å². The molecule has 2 rings (SSSR count). The van der Waals surface area contributed by atoms with Crippen molar-refractivity contribution in [3.8, 4) is 0 Å². The van der Waals surface area contributed by atoms with Gasteiger partial charge in [0.2, 0.25) is 0 Å². The maximum atomic E-state index is 11.8. The second-order valence-corrected chi connectivity index (χ2v) is 6.68. The summed E-state index contributed by atoms with van der Waals surface area (Å²) in [7, 11) is 0. The van der Waals surface area contributed by atoms with Crippen LogP contribution in [0.4, 0.5) is 4.79 Å². The van der Waals surface area contributed by atoms with Crippen LogP contribution in [0, 0.1) is 11.8 Å². The Morgan fingerprint density at radius 3 is 2.47 bits per heavy atom. The molecule has 2 fully saturated rings. The molecule has 1 saturated heterocycles. The summed E-state index contributed by atoms with van der Waals surface area (Å²) in [4.78, 5) is 22.5. The Morgan fingerprint density at radius 2 is 1.89 bits per heavy atom. The number of rotatable bonds is 6. The monoisotopic (exact) mass is 286 g/mol. The molecule has 1 saturated carbocycles. The number of nitrogens with one attached hydrogen (secondary N) is 2. The third-order valence-corrected chi connectivity index (χ3v) is 4.84. The van der Waals surface area contributed by atoms with Gasteiger partial charge in [0.15, 0.2) is 0 Å². The fourth-order valence-electron chi connectivity index (χ4n) is 2.43. The summed E-state index contributed by atoms with van der Waals surface area (Å²) < 4.78 is 0. The van der Waals surface area contributed by atoms with Crippen molar-refractivity contribution in [3.63, 3.8) is 0 Å². The average molecular weight is 286 g/mol. The molecule has 1 aliphatic carbocycles. The molecule has 0 aromatic rings. The molecule has 0 radical (unpaired) electrons. The molecule has 1 unspecified atom stereocenters. The summed E-state index contributed by atoms with van der Waals surface area (Å²) in [6.07, 6.45) is 4.40. The van der Waals surface area contributed by atoms with Crippen LogP contribution in [0.5, 0.6) is 0 Å². The highest BCUT2D eigenvalue weighted by molar-refractivity contribution is 7.99. The van der Waals surface area contributed by atoms with E-state index in [0.29, 0.717) is 18.4 Å². The summed E-state index contributed by atoms with van der Waals surface area (Å²) in [5, 5.41) is 14.5. The Hall–Kier alpha value is -0.910. The average Bonchev–Trinajstić information content (AvgIpc) is 3.20. The molecule has 0 spiro atoms. The number of thioether (sulfide) groups is 1. The first-order chi connectivity index (χ1) is 9.15. The first-order valence-electron chi connectivity index (χ1n) is 6.99. The first kappa shape index (κ1) is 14.5. The van der Waals surface area contributed by atoms with Gasteiger partial charge >= 0.3 is 12.0 Å². The van der Waals surface area contributed by atoms with Crippen molar-refractivity contribution >= 4 is 23.8 Å². The quantitative estimate of drug-likeness (QED) is 0.694. The van der Waals surface area contributed by atoms with E-state index in [0.717, 1.165) is 25.7 Å². The predicted molar refractivity (Wildman–Crippen MR) is 75.3 cm³/mol. The molecule has 6 heteroatoms. The van der Waals surface area contributed by atoms with Crippen LogP contribution in [0.15, 0.2) is 0 Å². The van der Waals surface area contributed by atoms with E-state index in [9.17, 15) is 9.59 Å². The van der Waals surface area contributed by atoms with Crippen molar-refractivity contribution in [2.24, 2.45) is 11.8 Å². The van der Waals surface area contributed by atoms with Crippen LogP contribution in [0.1, 0.15) is 32.1 Å².